The predicted molar refractivity (Wildman–Crippen MR) is 106 cm³/mol. The van der Waals surface area contributed by atoms with Crippen LogP contribution in [-0.4, -0.2) is 37.7 Å². The molecule has 0 spiro atoms. The molecule has 1 atom stereocenters. The molecule has 5 nitrogen and oxygen atoms in total. The van der Waals surface area contributed by atoms with Gasteiger partial charge in [0.05, 0.1) is 30.8 Å². The fourth-order valence-electron chi connectivity index (χ4n) is 3.71. The molecule has 0 aromatic heterocycles. The first-order valence-corrected chi connectivity index (χ1v) is 10.0. The third-order valence-corrected chi connectivity index (χ3v) is 5.69. The summed E-state index contributed by atoms with van der Waals surface area (Å²) in [5.41, 5.74) is 1.75. The van der Waals surface area contributed by atoms with Crippen molar-refractivity contribution in [2.45, 2.75) is 25.3 Å². The number of hydrogen-bond acceptors (Lipinski definition) is 4. The van der Waals surface area contributed by atoms with Gasteiger partial charge in [0.2, 0.25) is 0 Å². The first-order valence-electron chi connectivity index (χ1n) is 9.21. The van der Waals surface area contributed by atoms with E-state index in [1.165, 1.54) is 0 Å². The van der Waals surface area contributed by atoms with Gasteiger partial charge in [0.25, 0.3) is 5.91 Å². The number of halogens is 1. The number of hydrogen-bond donors (Lipinski definition) is 0. The lowest BCUT2D eigenvalue weighted by atomic mass is 10.0. The van der Waals surface area contributed by atoms with Gasteiger partial charge in [-0.2, -0.15) is 0 Å². The third-order valence-electron chi connectivity index (χ3n) is 5.07. The van der Waals surface area contributed by atoms with Gasteiger partial charge in [0.1, 0.15) is 5.75 Å². The molecular weight excluding hydrogens is 410 g/mol. The third kappa shape index (κ3) is 3.63. The number of fused-ring (bicyclic) bond motifs is 1. The second-order valence-electron chi connectivity index (χ2n) is 6.76. The topological polar surface area (TPSA) is 48.0 Å². The maximum absolute atomic E-state index is 13.1. The first kappa shape index (κ1) is 18.2. The molecule has 27 heavy (non-hydrogen) atoms. The molecule has 4 rings (SSSR count). The molecule has 2 aliphatic heterocycles. The molecule has 2 aromatic rings. The Morgan fingerprint density at radius 1 is 1.11 bits per heavy atom. The Morgan fingerprint density at radius 2 is 1.93 bits per heavy atom. The summed E-state index contributed by atoms with van der Waals surface area (Å²) in [6.45, 7) is 2.08. The Labute approximate surface area is 167 Å². The fraction of sp³-hybridized carbons (Fsp3) is 0.381. The number of benzene rings is 2. The number of ether oxygens (including phenoxy) is 3. The van der Waals surface area contributed by atoms with Crippen LogP contribution in [0, 0.1) is 0 Å². The molecule has 1 fully saturated rings. The van der Waals surface area contributed by atoms with Crippen LogP contribution in [0.3, 0.4) is 0 Å². The van der Waals surface area contributed by atoms with Gasteiger partial charge in [-0.25, -0.2) is 0 Å². The van der Waals surface area contributed by atoms with E-state index in [2.05, 4.69) is 15.9 Å². The first-order chi connectivity index (χ1) is 13.2. The maximum Gasteiger partial charge on any atom is 0.254 e. The standard InChI is InChI=1S/C21H22BrNO4/c1-25-18-7-6-15(12-16(18)22)21(24)23-9-2-4-17(23)14-5-8-19-20(13-14)27-11-3-10-26-19/h5-8,12-13,17H,2-4,9-11H2,1H3. The Hall–Kier alpha value is -2.21. The predicted octanol–water partition coefficient (Wildman–Crippen LogP) is 4.60. The minimum atomic E-state index is 0.0352. The molecule has 6 heteroatoms. The van der Waals surface area contributed by atoms with E-state index >= 15 is 0 Å². The second kappa shape index (κ2) is 7.80. The zero-order valence-corrected chi connectivity index (χ0v) is 16.8. The quantitative estimate of drug-likeness (QED) is 0.712. The highest BCUT2D eigenvalue weighted by molar-refractivity contribution is 9.10. The second-order valence-corrected chi connectivity index (χ2v) is 7.62. The van der Waals surface area contributed by atoms with Crippen LogP contribution < -0.4 is 14.2 Å². The lowest BCUT2D eigenvalue weighted by molar-refractivity contribution is 0.0735. The van der Waals surface area contributed by atoms with Crippen molar-refractivity contribution >= 4 is 21.8 Å². The number of methoxy groups -OCH3 is 1. The summed E-state index contributed by atoms with van der Waals surface area (Å²) in [5, 5.41) is 0. The largest absolute Gasteiger partial charge is 0.496 e. The van der Waals surface area contributed by atoms with E-state index < -0.39 is 0 Å². The summed E-state index contributed by atoms with van der Waals surface area (Å²) in [6.07, 6.45) is 2.81. The molecule has 1 amide bonds. The number of amides is 1. The lowest BCUT2D eigenvalue weighted by Gasteiger charge is -2.26. The van der Waals surface area contributed by atoms with Gasteiger partial charge in [-0.1, -0.05) is 6.07 Å². The smallest absolute Gasteiger partial charge is 0.254 e. The molecule has 142 valence electrons. The number of rotatable bonds is 3. The molecule has 0 aliphatic carbocycles. The maximum atomic E-state index is 13.1. The van der Waals surface area contributed by atoms with Crippen molar-refractivity contribution in [2.24, 2.45) is 0 Å². The Bertz CT molecular complexity index is 854. The van der Waals surface area contributed by atoms with Crippen molar-refractivity contribution in [2.75, 3.05) is 26.9 Å². The molecule has 2 heterocycles. The van der Waals surface area contributed by atoms with E-state index in [-0.39, 0.29) is 11.9 Å². The minimum absolute atomic E-state index is 0.0352. The molecule has 2 aliphatic rings. The van der Waals surface area contributed by atoms with Crippen molar-refractivity contribution in [3.8, 4) is 17.2 Å². The monoisotopic (exact) mass is 431 g/mol. The number of nitrogens with zero attached hydrogens (tertiary/aromatic N) is 1. The zero-order valence-electron chi connectivity index (χ0n) is 15.2. The van der Waals surface area contributed by atoms with Gasteiger partial charge in [-0.15, -0.1) is 0 Å². The van der Waals surface area contributed by atoms with E-state index in [1.54, 1.807) is 7.11 Å². The van der Waals surface area contributed by atoms with Crippen molar-refractivity contribution in [1.29, 1.82) is 0 Å². The van der Waals surface area contributed by atoms with Gasteiger partial charge < -0.3 is 19.1 Å². The molecule has 0 N–H and O–H groups in total. The normalized spacial score (nSPS) is 18.9. The van der Waals surface area contributed by atoms with Crippen LogP contribution in [0.2, 0.25) is 0 Å². The Balaban J connectivity index is 1.59. The summed E-state index contributed by atoms with van der Waals surface area (Å²) < 4.78 is 17.6. The van der Waals surface area contributed by atoms with Gasteiger partial charge in [-0.3, -0.25) is 4.79 Å². The molecule has 1 saturated heterocycles. The Kier molecular flexibility index (Phi) is 5.25. The zero-order chi connectivity index (χ0) is 18.8. The number of carbonyl (C=O) groups is 1. The van der Waals surface area contributed by atoms with E-state index in [0.717, 1.165) is 47.3 Å². The fourth-order valence-corrected chi connectivity index (χ4v) is 4.25. The van der Waals surface area contributed by atoms with Crippen LogP contribution in [0.15, 0.2) is 40.9 Å². The molecule has 1 unspecified atom stereocenters. The van der Waals surface area contributed by atoms with Crippen molar-refractivity contribution in [3.63, 3.8) is 0 Å². The molecule has 0 saturated carbocycles. The highest BCUT2D eigenvalue weighted by Gasteiger charge is 2.31. The van der Waals surface area contributed by atoms with Crippen LogP contribution >= 0.6 is 15.9 Å². The van der Waals surface area contributed by atoms with Crippen LogP contribution in [-0.2, 0) is 0 Å². The average molecular weight is 432 g/mol. The number of carbonyl (C=O) groups excluding carboxylic acids is 1. The number of likely N-dealkylation sites (tertiary alicyclic amines) is 1. The molecular formula is C21H22BrNO4. The van der Waals surface area contributed by atoms with Crippen LogP contribution in [0.5, 0.6) is 17.2 Å². The van der Waals surface area contributed by atoms with Gasteiger partial charge in [0, 0.05) is 18.5 Å². The molecule has 2 aromatic carbocycles. The molecule has 0 bridgehead atoms. The van der Waals surface area contributed by atoms with Gasteiger partial charge in [0.15, 0.2) is 11.5 Å². The summed E-state index contributed by atoms with van der Waals surface area (Å²) >= 11 is 3.47. The van der Waals surface area contributed by atoms with Crippen LogP contribution in [0.25, 0.3) is 0 Å². The van der Waals surface area contributed by atoms with Gasteiger partial charge >= 0.3 is 0 Å². The van der Waals surface area contributed by atoms with Crippen molar-refractivity contribution in [3.05, 3.63) is 52.0 Å². The molecule has 0 radical (unpaired) electrons. The van der Waals surface area contributed by atoms with Gasteiger partial charge in [-0.05, 0) is 64.7 Å². The summed E-state index contributed by atoms with van der Waals surface area (Å²) in [7, 11) is 1.61. The minimum Gasteiger partial charge on any atom is -0.496 e. The van der Waals surface area contributed by atoms with Crippen molar-refractivity contribution in [1.82, 2.24) is 4.90 Å². The summed E-state index contributed by atoms with van der Waals surface area (Å²) in [5.74, 6) is 2.31. The summed E-state index contributed by atoms with van der Waals surface area (Å²) in [4.78, 5) is 15.1. The highest BCUT2D eigenvalue weighted by Crippen LogP contribution is 2.39. The van der Waals surface area contributed by atoms with Crippen molar-refractivity contribution < 1.29 is 19.0 Å². The van der Waals surface area contributed by atoms with E-state index in [1.807, 2.05) is 41.3 Å². The van der Waals surface area contributed by atoms with Crippen LogP contribution in [0.1, 0.15) is 41.2 Å². The van der Waals surface area contributed by atoms with E-state index in [4.69, 9.17) is 14.2 Å². The van der Waals surface area contributed by atoms with E-state index in [9.17, 15) is 4.79 Å². The SMILES string of the molecule is COc1ccc(C(=O)N2CCCC2c2ccc3c(c2)OCCCO3)cc1Br. The highest BCUT2D eigenvalue weighted by atomic mass is 79.9. The summed E-state index contributed by atoms with van der Waals surface area (Å²) in [6, 6.07) is 11.5. The van der Waals surface area contributed by atoms with Crippen LogP contribution in [0.4, 0.5) is 0 Å². The lowest BCUT2D eigenvalue weighted by Crippen LogP contribution is -2.30. The van der Waals surface area contributed by atoms with E-state index in [0.29, 0.717) is 24.5 Å². The average Bonchev–Trinajstić information content (AvgIpc) is 3.06. The Morgan fingerprint density at radius 3 is 2.70 bits per heavy atom.